The molecule has 0 amide bonds. The zero-order chi connectivity index (χ0) is 13.1. The lowest BCUT2D eigenvalue weighted by molar-refractivity contribution is -0.166. The highest BCUT2D eigenvalue weighted by molar-refractivity contribution is 5.84. The SMILES string of the molecule is COC(=O)[C@@H]1[C@H]2C=C[C@@H]([C@@H]1C(=O)OC)[C@@]1(C)C[C@H]21. The molecule has 4 rings (SSSR count). The maximum absolute atomic E-state index is 12.0. The van der Waals surface area contributed by atoms with E-state index in [1.165, 1.54) is 14.2 Å². The monoisotopic (exact) mass is 250 g/mol. The van der Waals surface area contributed by atoms with Crippen LogP contribution in [-0.4, -0.2) is 26.2 Å². The summed E-state index contributed by atoms with van der Waals surface area (Å²) in [4.78, 5) is 24.0. The number of hydrogen-bond acceptors (Lipinski definition) is 4. The number of methoxy groups -OCH3 is 2. The standard InChI is InChI=1S/C14H18O4/c1-14-6-9(14)7-4-5-8(14)11(13(16)18-3)10(7)12(15)17-2/h4-5,7-11H,6H2,1-3H3/t7-,8-,9+,10+,11-,14+/m0/s1. The van der Waals surface area contributed by atoms with E-state index in [0.717, 1.165) is 6.42 Å². The Morgan fingerprint density at radius 3 is 2.33 bits per heavy atom. The zero-order valence-electron chi connectivity index (χ0n) is 10.9. The summed E-state index contributed by atoms with van der Waals surface area (Å²) in [5.74, 6) is -0.521. The van der Waals surface area contributed by atoms with Gasteiger partial charge in [-0.25, -0.2) is 0 Å². The number of fused-ring (bicyclic) bond motifs is 1. The molecular formula is C14H18O4. The lowest BCUT2D eigenvalue weighted by Crippen LogP contribution is -2.49. The largest absolute Gasteiger partial charge is 0.469 e. The van der Waals surface area contributed by atoms with Crippen molar-refractivity contribution in [3.05, 3.63) is 12.2 Å². The number of ether oxygens (including phenoxy) is 2. The molecule has 4 nitrogen and oxygen atoms in total. The highest BCUT2D eigenvalue weighted by Crippen LogP contribution is 2.71. The first-order valence-electron chi connectivity index (χ1n) is 6.38. The molecule has 98 valence electrons. The van der Waals surface area contributed by atoms with E-state index in [4.69, 9.17) is 9.47 Å². The summed E-state index contributed by atoms with van der Waals surface area (Å²) in [5.41, 5.74) is 0.183. The average molecular weight is 250 g/mol. The molecule has 0 radical (unpaired) electrons. The molecule has 2 bridgehead atoms. The number of carbonyl (C=O) groups is 2. The van der Waals surface area contributed by atoms with Crippen molar-refractivity contribution in [2.75, 3.05) is 14.2 Å². The molecule has 0 N–H and O–H groups in total. The van der Waals surface area contributed by atoms with Crippen molar-refractivity contribution >= 4 is 11.9 Å². The van der Waals surface area contributed by atoms with E-state index in [1.807, 2.05) is 0 Å². The molecule has 0 spiro atoms. The van der Waals surface area contributed by atoms with Crippen LogP contribution in [0.4, 0.5) is 0 Å². The highest BCUT2D eigenvalue weighted by atomic mass is 16.5. The van der Waals surface area contributed by atoms with Gasteiger partial charge in [-0.1, -0.05) is 19.1 Å². The molecule has 0 unspecified atom stereocenters. The third-order valence-corrected chi connectivity index (χ3v) is 5.25. The van der Waals surface area contributed by atoms with Gasteiger partial charge in [-0.3, -0.25) is 9.59 Å². The quantitative estimate of drug-likeness (QED) is 0.549. The number of carbonyl (C=O) groups excluding carboxylic acids is 2. The van der Waals surface area contributed by atoms with Crippen molar-refractivity contribution in [3.8, 4) is 0 Å². The number of rotatable bonds is 2. The van der Waals surface area contributed by atoms with Crippen molar-refractivity contribution in [2.45, 2.75) is 13.3 Å². The fourth-order valence-corrected chi connectivity index (χ4v) is 4.21. The Labute approximate surface area is 106 Å². The van der Waals surface area contributed by atoms with Gasteiger partial charge in [0.05, 0.1) is 26.1 Å². The first kappa shape index (κ1) is 11.8. The minimum atomic E-state index is -0.374. The Balaban J connectivity index is 2.01. The average Bonchev–Trinajstić information content (AvgIpc) is 3.11. The van der Waals surface area contributed by atoms with Crippen LogP contribution in [0.15, 0.2) is 12.2 Å². The smallest absolute Gasteiger partial charge is 0.310 e. The molecule has 4 aliphatic carbocycles. The van der Waals surface area contributed by atoms with Gasteiger partial charge in [-0.2, -0.15) is 0 Å². The van der Waals surface area contributed by atoms with Crippen LogP contribution in [0.5, 0.6) is 0 Å². The molecule has 0 heterocycles. The van der Waals surface area contributed by atoms with E-state index < -0.39 is 0 Å². The molecule has 0 aromatic carbocycles. The van der Waals surface area contributed by atoms with Gasteiger partial charge in [0.2, 0.25) is 0 Å². The van der Waals surface area contributed by atoms with Gasteiger partial charge in [0.15, 0.2) is 0 Å². The minimum absolute atomic E-state index is 0.115. The van der Waals surface area contributed by atoms with E-state index in [1.54, 1.807) is 0 Å². The third kappa shape index (κ3) is 1.26. The van der Waals surface area contributed by atoms with E-state index >= 15 is 0 Å². The van der Waals surface area contributed by atoms with Gasteiger partial charge in [0, 0.05) is 0 Å². The molecule has 18 heavy (non-hydrogen) atoms. The van der Waals surface area contributed by atoms with E-state index in [9.17, 15) is 9.59 Å². The molecule has 0 saturated heterocycles. The second kappa shape index (κ2) is 3.59. The Kier molecular flexibility index (Phi) is 2.34. The maximum Gasteiger partial charge on any atom is 0.310 e. The van der Waals surface area contributed by atoms with Gasteiger partial charge in [0.25, 0.3) is 0 Å². The second-order valence-corrected chi connectivity index (χ2v) is 5.90. The molecule has 0 aromatic heterocycles. The van der Waals surface area contributed by atoms with Crippen molar-refractivity contribution < 1.29 is 19.1 Å². The number of esters is 2. The van der Waals surface area contributed by atoms with E-state index in [-0.39, 0.29) is 41.0 Å². The summed E-state index contributed by atoms with van der Waals surface area (Å²) in [5, 5.41) is 0. The maximum atomic E-state index is 12.0. The molecule has 0 aromatic rings. The van der Waals surface area contributed by atoms with Crippen LogP contribution in [0.2, 0.25) is 0 Å². The van der Waals surface area contributed by atoms with Crippen molar-refractivity contribution in [1.29, 1.82) is 0 Å². The summed E-state index contributed by atoms with van der Waals surface area (Å²) in [7, 11) is 2.77. The number of allylic oxidation sites excluding steroid dienone is 2. The summed E-state index contributed by atoms with van der Waals surface area (Å²) in [6.07, 6.45) is 5.30. The predicted molar refractivity (Wildman–Crippen MR) is 63.3 cm³/mol. The molecule has 4 aliphatic rings. The molecule has 2 fully saturated rings. The summed E-state index contributed by atoms with van der Waals surface area (Å²) in [6.45, 7) is 2.21. The van der Waals surface area contributed by atoms with Crippen LogP contribution in [0, 0.1) is 35.0 Å². The third-order valence-electron chi connectivity index (χ3n) is 5.25. The normalized spacial score (nSPS) is 47.4. The van der Waals surface area contributed by atoms with Crippen LogP contribution < -0.4 is 0 Å². The van der Waals surface area contributed by atoms with Gasteiger partial charge in [0.1, 0.15) is 0 Å². The molecule has 0 aliphatic heterocycles. The van der Waals surface area contributed by atoms with E-state index in [2.05, 4.69) is 19.1 Å². The van der Waals surface area contributed by atoms with Gasteiger partial charge >= 0.3 is 11.9 Å². The van der Waals surface area contributed by atoms with Crippen LogP contribution in [0.3, 0.4) is 0 Å². The Morgan fingerprint density at radius 2 is 1.72 bits per heavy atom. The Bertz CT molecular complexity index is 441. The first-order valence-corrected chi connectivity index (χ1v) is 6.38. The minimum Gasteiger partial charge on any atom is -0.469 e. The van der Waals surface area contributed by atoms with Crippen LogP contribution in [0.25, 0.3) is 0 Å². The fourth-order valence-electron chi connectivity index (χ4n) is 4.21. The second-order valence-electron chi connectivity index (χ2n) is 5.90. The lowest BCUT2D eigenvalue weighted by atomic mass is 9.58. The molecule has 2 saturated carbocycles. The molecular weight excluding hydrogens is 232 g/mol. The van der Waals surface area contributed by atoms with Crippen LogP contribution in [0.1, 0.15) is 13.3 Å². The number of hydrogen-bond donors (Lipinski definition) is 0. The topological polar surface area (TPSA) is 52.6 Å². The highest BCUT2D eigenvalue weighted by Gasteiger charge is 2.70. The summed E-state index contributed by atoms with van der Waals surface area (Å²) in [6, 6.07) is 0. The summed E-state index contributed by atoms with van der Waals surface area (Å²) < 4.78 is 9.78. The Hall–Kier alpha value is -1.32. The van der Waals surface area contributed by atoms with Crippen LogP contribution in [-0.2, 0) is 19.1 Å². The lowest BCUT2D eigenvalue weighted by Gasteiger charge is -2.45. The molecule has 4 heteroatoms. The van der Waals surface area contributed by atoms with Gasteiger partial charge < -0.3 is 9.47 Å². The predicted octanol–water partition coefficient (Wildman–Crippen LogP) is 1.41. The van der Waals surface area contributed by atoms with Crippen molar-refractivity contribution in [2.24, 2.45) is 35.0 Å². The summed E-state index contributed by atoms with van der Waals surface area (Å²) >= 11 is 0. The zero-order valence-corrected chi connectivity index (χ0v) is 10.9. The van der Waals surface area contributed by atoms with Gasteiger partial charge in [-0.15, -0.1) is 0 Å². The molecule has 6 atom stereocenters. The van der Waals surface area contributed by atoms with Crippen molar-refractivity contribution in [1.82, 2.24) is 0 Å². The first-order chi connectivity index (χ1) is 8.54. The fraction of sp³-hybridized carbons (Fsp3) is 0.714. The van der Waals surface area contributed by atoms with Gasteiger partial charge in [-0.05, 0) is 29.6 Å². The van der Waals surface area contributed by atoms with Crippen LogP contribution >= 0.6 is 0 Å². The Morgan fingerprint density at radius 1 is 1.11 bits per heavy atom. The van der Waals surface area contributed by atoms with Crippen molar-refractivity contribution in [3.63, 3.8) is 0 Å². The van der Waals surface area contributed by atoms with E-state index in [0.29, 0.717) is 5.92 Å².